The Hall–Kier alpha value is -3.24. The summed E-state index contributed by atoms with van der Waals surface area (Å²) in [6, 6.07) is 28.9. The third kappa shape index (κ3) is 2.65. The largest absolute Gasteiger partial charge is 0.351 e. The Morgan fingerprint density at radius 3 is 2.18 bits per heavy atom. The molecule has 0 spiro atoms. The molecule has 2 heterocycles. The number of para-hydroxylation sites is 1. The lowest BCUT2D eigenvalue weighted by molar-refractivity contribution is 0.338. The van der Waals surface area contributed by atoms with Gasteiger partial charge in [-0.15, -0.1) is 5.10 Å². The van der Waals surface area contributed by atoms with E-state index in [0.717, 1.165) is 23.2 Å². The molecule has 3 aromatic carbocycles. The highest BCUT2D eigenvalue weighted by Crippen LogP contribution is 2.52. The van der Waals surface area contributed by atoms with E-state index in [1.165, 1.54) is 11.1 Å². The van der Waals surface area contributed by atoms with Gasteiger partial charge in [0.2, 0.25) is 0 Å². The van der Waals surface area contributed by atoms with Crippen molar-refractivity contribution in [1.29, 1.82) is 0 Å². The third-order valence-corrected chi connectivity index (χ3v) is 5.39. The van der Waals surface area contributed by atoms with Gasteiger partial charge in [-0.25, -0.2) is 4.68 Å². The predicted molar refractivity (Wildman–Crippen MR) is 111 cm³/mol. The molecular formula is C24H21N3O. The van der Waals surface area contributed by atoms with E-state index in [4.69, 9.17) is 4.74 Å². The number of benzene rings is 3. The minimum Gasteiger partial charge on any atom is -0.351 e. The molecule has 1 atom stereocenters. The molecule has 1 aliphatic rings. The van der Waals surface area contributed by atoms with E-state index in [9.17, 15) is 0 Å². The van der Waals surface area contributed by atoms with Crippen LogP contribution in [0.5, 0.6) is 0 Å². The van der Waals surface area contributed by atoms with Crippen molar-refractivity contribution in [3.63, 3.8) is 0 Å². The van der Waals surface area contributed by atoms with E-state index in [1.54, 1.807) is 0 Å². The lowest BCUT2D eigenvalue weighted by Crippen LogP contribution is -2.14. The highest BCUT2D eigenvalue weighted by atomic mass is 16.6. The first kappa shape index (κ1) is 16.9. The van der Waals surface area contributed by atoms with Gasteiger partial charge in [-0.3, -0.25) is 0 Å². The molecule has 138 valence electrons. The van der Waals surface area contributed by atoms with Crippen molar-refractivity contribution in [1.82, 2.24) is 15.0 Å². The van der Waals surface area contributed by atoms with Gasteiger partial charge in [-0.1, -0.05) is 84.9 Å². The van der Waals surface area contributed by atoms with Crippen molar-refractivity contribution in [3.05, 3.63) is 102 Å². The van der Waals surface area contributed by atoms with Gasteiger partial charge in [-0.05, 0) is 35.8 Å². The fraction of sp³-hybridized carbons (Fsp3) is 0.167. The molecule has 0 bridgehead atoms. The lowest BCUT2D eigenvalue weighted by atomic mass is 9.87. The summed E-state index contributed by atoms with van der Waals surface area (Å²) in [6.45, 7) is 2.14. The Balaban J connectivity index is 1.59. The minimum absolute atomic E-state index is 0.0461. The van der Waals surface area contributed by atoms with Crippen molar-refractivity contribution in [2.24, 2.45) is 0 Å². The Morgan fingerprint density at radius 1 is 0.929 bits per heavy atom. The molecule has 5 rings (SSSR count). The van der Waals surface area contributed by atoms with Crippen LogP contribution in [-0.2, 0) is 10.3 Å². The summed E-state index contributed by atoms with van der Waals surface area (Å²) in [5.74, 6) is 0. The van der Waals surface area contributed by atoms with Crippen molar-refractivity contribution in [2.75, 3.05) is 0 Å². The molecule has 1 aliphatic heterocycles. The molecule has 1 unspecified atom stereocenters. The molecule has 28 heavy (non-hydrogen) atoms. The molecule has 1 saturated heterocycles. The van der Waals surface area contributed by atoms with Gasteiger partial charge in [-0.2, -0.15) is 0 Å². The SMILES string of the molecule is CC/C(=C\C1OC1(c1ccccc1)c1ccccc1)n1nnc2ccccc21. The van der Waals surface area contributed by atoms with Crippen LogP contribution >= 0.6 is 0 Å². The van der Waals surface area contributed by atoms with Crippen LogP contribution in [0.3, 0.4) is 0 Å². The molecule has 4 heteroatoms. The number of allylic oxidation sites excluding steroid dienone is 1. The predicted octanol–water partition coefficient (Wildman–Crippen LogP) is 5.02. The first-order valence-electron chi connectivity index (χ1n) is 9.63. The summed E-state index contributed by atoms with van der Waals surface area (Å²) >= 11 is 0. The smallest absolute Gasteiger partial charge is 0.149 e. The zero-order valence-electron chi connectivity index (χ0n) is 15.7. The molecular weight excluding hydrogens is 346 g/mol. The summed E-state index contributed by atoms with van der Waals surface area (Å²) in [7, 11) is 0. The second-order valence-corrected chi connectivity index (χ2v) is 7.01. The third-order valence-electron chi connectivity index (χ3n) is 5.39. The zero-order chi connectivity index (χ0) is 19.0. The monoisotopic (exact) mass is 367 g/mol. The van der Waals surface area contributed by atoms with E-state index in [1.807, 2.05) is 41.1 Å². The molecule has 1 fully saturated rings. The maximum Gasteiger partial charge on any atom is 0.149 e. The van der Waals surface area contributed by atoms with E-state index >= 15 is 0 Å². The van der Waals surface area contributed by atoms with Gasteiger partial charge >= 0.3 is 0 Å². The van der Waals surface area contributed by atoms with Crippen LogP contribution in [0.4, 0.5) is 0 Å². The van der Waals surface area contributed by atoms with Gasteiger partial charge in [0.1, 0.15) is 17.2 Å². The molecule has 4 nitrogen and oxygen atoms in total. The molecule has 0 aliphatic carbocycles. The molecule has 0 radical (unpaired) electrons. The van der Waals surface area contributed by atoms with E-state index in [0.29, 0.717) is 0 Å². The van der Waals surface area contributed by atoms with Gasteiger partial charge in [0.15, 0.2) is 0 Å². The molecule has 1 aromatic heterocycles. The number of fused-ring (bicyclic) bond motifs is 1. The Bertz CT molecular complexity index is 1090. The van der Waals surface area contributed by atoms with E-state index < -0.39 is 5.60 Å². The minimum atomic E-state index is -0.445. The van der Waals surface area contributed by atoms with Gasteiger partial charge in [0, 0.05) is 5.70 Å². The number of hydrogen-bond donors (Lipinski definition) is 0. The average molecular weight is 367 g/mol. The van der Waals surface area contributed by atoms with Gasteiger partial charge in [0.05, 0.1) is 5.52 Å². The number of aromatic nitrogens is 3. The maximum absolute atomic E-state index is 6.38. The standard InChI is InChI=1S/C24H21N3O/c1-2-20(27-22-16-10-9-15-21(22)25-26-27)17-23-24(28-23,18-11-5-3-6-12-18)19-13-7-4-8-14-19/h3-17,23H,2H2,1H3/b20-17+. The summed E-state index contributed by atoms with van der Waals surface area (Å²) in [5, 5.41) is 8.68. The first-order chi connectivity index (χ1) is 13.8. The topological polar surface area (TPSA) is 43.2 Å². The number of ether oxygens (including phenoxy) is 1. The van der Waals surface area contributed by atoms with Gasteiger partial charge < -0.3 is 4.74 Å². The fourth-order valence-corrected chi connectivity index (χ4v) is 3.91. The summed E-state index contributed by atoms with van der Waals surface area (Å²) < 4.78 is 8.31. The van der Waals surface area contributed by atoms with Crippen LogP contribution < -0.4 is 0 Å². The van der Waals surface area contributed by atoms with Gasteiger partial charge in [0.25, 0.3) is 0 Å². The number of epoxide rings is 1. The van der Waals surface area contributed by atoms with Crippen LogP contribution in [0.15, 0.2) is 91.0 Å². The highest BCUT2D eigenvalue weighted by Gasteiger charge is 2.58. The number of hydrogen-bond acceptors (Lipinski definition) is 3. The van der Waals surface area contributed by atoms with Crippen LogP contribution in [-0.4, -0.2) is 21.1 Å². The highest BCUT2D eigenvalue weighted by molar-refractivity contribution is 5.77. The normalized spacial score (nSPS) is 18.3. The molecule has 0 N–H and O–H groups in total. The Kier molecular flexibility index (Phi) is 4.06. The summed E-state index contributed by atoms with van der Waals surface area (Å²) in [6.07, 6.45) is 2.99. The Labute approximate surface area is 164 Å². The zero-order valence-corrected chi connectivity index (χ0v) is 15.7. The van der Waals surface area contributed by atoms with Crippen molar-refractivity contribution < 1.29 is 4.74 Å². The number of nitrogens with zero attached hydrogens (tertiary/aromatic N) is 3. The van der Waals surface area contributed by atoms with Crippen LogP contribution in [0.25, 0.3) is 16.7 Å². The fourth-order valence-electron chi connectivity index (χ4n) is 3.91. The maximum atomic E-state index is 6.38. The second-order valence-electron chi connectivity index (χ2n) is 7.01. The lowest BCUT2D eigenvalue weighted by Gasteiger charge is -2.14. The van der Waals surface area contributed by atoms with Crippen molar-refractivity contribution in [3.8, 4) is 0 Å². The number of rotatable bonds is 5. The molecule has 0 saturated carbocycles. The van der Waals surface area contributed by atoms with Crippen LogP contribution in [0.1, 0.15) is 24.5 Å². The van der Waals surface area contributed by atoms with Crippen molar-refractivity contribution >= 4 is 16.7 Å². The molecule has 4 aromatic rings. The van der Waals surface area contributed by atoms with Crippen molar-refractivity contribution in [2.45, 2.75) is 25.0 Å². The van der Waals surface area contributed by atoms with E-state index in [2.05, 4.69) is 71.8 Å². The summed E-state index contributed by atoms with van der Waals surface area (Å²) in [5.41, 5.74) is 4.90. The summed E-state index contributed by atoms with van der Waals surface area (Å²) in [4.78, 5) is 0. The average Bonchev–Trinajstić information content (AvgIpc) is 3.34. The second kappa shape index (κ2) is 6.73. The quantitative estimate of drug-likeness (QED) is 0.465. The molecule has 0 amide bonds. The first-order valence-corrected chi connectivity index (χ1v) is 9.63. The Morgan fingerprint density at radius 2 is 1.54 bits per heavy atom. The van der Waals surface area contributed by atoms with E-state index in [-0.39, 0.29) is 6.10 Å². The van der Waals surface area contributed by atoms with Crippen LogP contribution in [0.2, 0.25) is 0 Å². The van der Waals surface area contributed by atoms with Crippen LogP contribution in [0, 0.1) is 0 Å².